The Morgan fingerprint density at radius 3 is 3.08 bits per heavy atom. The van der Waals surface area contributed by atoms with Crippen molar-refractivity contribution in [3.05, 3.63) is 22.4 Å². The number of amides is 1. The second kappa shape index (κ2) is 5.17. The van der Waals surface area contributed by atoms with E-state index in [1.165, 1.54) is 0 Å². The molecule has 1 heterocycles. The Labute approximate surface area is 80.5 Å². The van der Waals surface area contributed by atoms with E-state index in [1.54, 1.807) is 11.3 Å². The van der Waals surface area contributed by atoms with Gasteiger partial charge in [-0.1, -0.05) is 0 Å². The number of rotatable bonds is 4. The third kappa shape index (κ3) is 3.24. The Hall–Kier alpha value is -0.540. The van der Waals surface area contributed by atoms with Gasteiger partial charge in [-0.15, -0.1) is 11.6 Å². The Bertz CT molecular complexity index is 235. The summed E-state index contributed by atoms with van der Waals surface area (Å²) in [6, 6.07) is 1.95. The second-order valence-corrected chi connectivity index (χ2v) is 3.51. The Kier molecular flexibility index (Phi) is 4.11. The number of carbonyl (C=O) groups excluding carboxylic acids is 1. The number of thiophene rings is 1. The summed E-state index contributed by atoms with van der Waals surface area (Å²) < 4.78 is 0. The largest absolute Gasteiger partial charge is 0.355 e. The van der Waals surface area contributed by atoms with Crippen molar-refractivity contribution in [2.75, 3.05) is 12.4 Å². The van der Waals surface area contributed by atoms with Crippen LogP contribution in [-0.2, 0) is 11.2 Å². The Morgan fingerprint density at radius 1 is 1.67 bits per heavy atom. The van der Waals surface area contributed by atoms with Crippen molar-refractivity contribution in [1.29, 1.82) is 0 Å². The summed E-state index contributed by atoms with van der Waals surface area (Å²) in [5.74, 6) is 0.504. The summed E-state index contributed by atoms with van der Waals surface area (Å²) in [7, 11) is 0. The van der Waals surface area contributed by atoms with Crippen LogP contribution < -0.4 is 5.32 Å². The highest BCUT2D eigenvalue weighted by molar-refractivity contribution is 7.07. The zero-order valence-corrected chi connectivity index (χ0v) is 8.12. The minimum atomic E-state index is 0.0362. The molecular formula is C8H10ClNOS. The highest BCUT2D eigenvalue weighted by Crippen LogP contribution is 2.05. The van der Waals surface area contributed by atoms with Gasteiger partial charge in [-0.25, -0.2) is 0 Å². The van der Waals surface area contributed by atoms with E-state index < -0.39 is 0 Å². The third-order valence-electron chi connectivity index (χ3n) is 1.36. The fourth-order valence-electron chi connectivity index (χ4n) is 0.828. The third-order valence-corrected chi connectivity index (χ3v) is 2.28. The lowest BCUT2D eigenvalue weighted by molar-refractivity contribution is -0.120. The van der Waals surface area contributed by atoms with Crippen molar-refractivity contribution in [3.8, 4) is 0 Å². The lowest BCUT2D eigenvalue weighted by Crippen LogP contribution is -2.26. The van der Waals surface area contributed by atoms with E-state index in [-0.39, 0.29) is 5.91 Å². The molecule has 0 saturated heterocycles. The molecule has 0 fully saturated rings. The molecular weight excluding hydrogens is 194 g/mol. The summed E-state index contributed by atoms with van der Waals surface area (Å²) in [4.78, 5) is 11.1. The van der Waals surface area contributed by atoms with Gasteiger partial charge in [0, 0.05) is 12.4 Å². The lowest BCUT2D eigenvalue weighted by Gasteiger charge is -1.99. The number of carbonyl (C=O) groups is 1. The van der Waals surface area contributed by atoms with Crippen molar-refractivity contribution >= 4 is 28.8 Å². The van der Waals surface area contributed by atoms with Crippen LogP contribution in [0.4, 0.5) is 0 Å². The molecule has 1 aromatic rings. The minimum absolute atomic E-state index is 0.0362. The molecule has 2 nitrogen and oxygen atoms in total. The molecule has 0 aliphatic rings. The predicted molar refractivity (Wildman–Crippen MR) is 51.8 cm³/mol. The maximum absolute atomic E-state index is 11.1. The van der Waals surface area contributed by atoms with Gasteiger partial charge in [0.25, 0.3) is 0 Å². The summed E-state index contributed by atoms with van der Waals surface area (Å²) in [5.41, 5.74) is 1.06. The number of nitrogens with one attached hydrogen (secondary N) is 1. The van der Waals surface area contributed by atoms with Crippen molar-refractivity contribution in [2.45, 2.75) is 6.42 Å². The maximum atomic E-state index is 11.1. The molecule has 0 unspecified atom stereocenters. The average Bonchev–Trinajstić information content (AvgIpc) is 2.53. The molecule has 1 N–H and O–H groups in total. The molecule has 66 valence electrons. The molecule has 4 heteroatoms. The zero-order chi connectivity index (χ0) is 8.81. The fraction of sp³-hybridized carbons (Fsp3) is 0.375. The highest BCUT2D eigenvalue weighted by Gasteiger charge is 2.01. The van der Waals surface area contributed by atoms with E-state index in [2.05, 4.69) is 5.32 Å². The topological polar surface area (TPSA) is 29.1 Å². The second-order valence-electron chi connectivity index (χ2n) is 2.35. The molecule has 12 heavy (non-hydrogen) atoms. The first kappa shape index (κ1) is 9.55. The van der Waals surface area contributed by atoms with Crippen LogP contribution >= 0.6 is 22.9 Å². The van der Waals surface area contributed by atoms with Crippen LogP contribution in [-0.4, -0.2) is 18.3 Å². The quantitative estimate of drug-likeness (QED) is 0.741. The summed E-state index contributed by atoms with van der Waals surface area (Å²) >= 11 is 7.01. The molecule has 0 aliphatic carbocycles. The summed E-state index contributed by atoms with van der Waals surface area (Å²) in [6.07, 6.45) is 0.459. The fourth-order valence-corrected chi connectivity index (χ4v) is 1.59. The van der Waals surface area contributed by atoms with Crippen molar-refractivity contribution in [2.24, 2.45) is 0 Å². The van der Waals surface area contributed by atoms with Crippen molar-refractivity contribution in [1.82, 2.24) is 5.32 Å². The zero-order valence-electron chi connectivity index (χ0n) is 6.55. The first-order chi connectivity index (χ1) is 5.83. The Morgan fingerprint density at radius 2 is 2.50 bits per heavy atom. The van der Waals surface area contributed by atoms with Crippen LogP contribution in [0.15, 0.2) is 16.8 Å². The van der Waals surface area contributed by atoms with E-state index in [9.17, 15) is 4.79 Å². The van der Waals surface area contributed by atoms with Gasteiger partial charge in [0.2, 0.25) is 5.91 Å². The highest BCUT2D eigenvalue weighted by atomic mass is 35.5. The smallest absolute Gasteiger partial charge is 0.224 e. The van der Waals surface area contributed by atoms with Gasteiger partial charge in [-0.2, -0.15) is 11.3 Å². The van der Waals surface area contributed by atoms with Crippen LogP contribution in [0, 0.1) is 0 Å². The molecule has 0 aliphatic heterocycles. The first-order valence-corrected chi connectivity index (χ1v) is 5.14. The molecule has 0 aromatic carbocycles. The van der Waals surface area contributed by atoms with Gasteiger partial charge in [-0.3, -0.25) is 4.79 Å². The van der Waals surface area contributed by atoms with E-state index >= 15 is 0 Å². The molecule has 1 amide bonds. The van der Waals surface area contributed by atoms with Gasteiger partial charge < -0.3 is 5.32 Å². The lowest BCUT2D eigenvalue weighted by atomic mass is 10.2. The van der Waals surface area contributed by atoms with Crippen LogP contribution in [0.3, 0.4) is 0 Å². The normalized spacial score (nSPS) is 9.75. The molecule has 1 rings (SSSR count). The monoisotopic (exact) mass is 203 g/mol. The van der Waals surface area contributed by atoms with Gasteiger partial charge in [-0.05, 0) is 22.4 Å². The van der Waals surface area contributed by atoms with E-state index in [0.29, 0.717) is 18.8 Å². The first-order valence-electron chi connectivity index (χ1n) is 3.66. The van der Waals surface area contributed by atoms with Crippen molar-refractivity contribution in [3.63, 3.8) is 0 Å². The van der Waals surface area contributed by atoms with Crippen LogP contribution in [0.25, 0.3) is 0 Å². The molecule has 0 saturated carbocycles. The SMILES string of the molecule is O=C(Cc1ccsc1)NCCCl. The van der Waals surface area contributed by atoms with E-state index in [1.807, 2.05) is 16.8 Å². The van der Waals surface area contributed by atoms with Crippen LogP contribution in [0.5, 0.6) is 0 Å². The van der Waals surface area contributed by atoms with Gasteiger partial charge in [0.15, 0.2) is 0 Å². The van der Waals surface area contributed by atoms with E-state index in [0.717, 1.165) is 5.56 Å². The molecule has 0 bridgehead atoms. The average molecular weight is 204 g/mol. The molecule has 1 aromatic heterocycles. The summed E-state index contributed by atoms with van der Waals surface area (Å²) in [5, 5.41) is 6.64. The molecule has 0 atom stereocenters. The number of hydrogen-bond donors (Lipinski definition) is 1. The Balaban J connectivity index is 2.27. The van der Waals surface area contributed by atoms with Crippen LogP contribution in [0.1, 0.15) is 5.56 Å². The predicted octanol–water partition coefficient (Wildman–Crippen LogP) is 1.65. The standard InChI is InChI=1S/C8H10ClNOS/c9-2-3-10-8(11)5-7-1-4-12-6-7/h1,4,6H,2-3,5H2,(H,10,11). The summed E-state index contributed by atoms with van der Waals surface area (Å²) in [6.45, 7) is 0.546. The number of halogens is 1. The van der Waals surface area contributed by atoms with Gasteiger partial charge >= 0.3 is 0 Å². The minimum Gasteiger partial charge on any atom is -0.355 e. The number of hydrogen-bond acceptors (Lipinski definition) is 2. The molecule has 0 radical (unpaired) electrons. The molecule has 0 spiro atoms. The van der Waals surface area contributed by atoms with Crippen LogP contribution in [0.2, 0.25) is 0 Å². The van der Waals surface area contributed by atoms with Crippen molar-refractivity contribution < 1.29 is 4.79 Å². The van der Waals surface area contributed by atoms with Gasteiger partial charge in [0.1, 0.15) is 0 Å². The number of alkyl halides is 1. The van der Waals surface area contributed by atoms with Gasteiger partial charge in [0.05, 0.1) is 6.42 Å². The van der Waals surface area contributed by atoms with E-state index in [4.69, 9.17) is 11.6 Å². The maximum Gasteiger partial charge on any atom is 0.224 e.